The molecule has 1 saturated heterocycles. The largest absolute Gasteiger partial charge is 0.368 e. The number of anilines is 2. The lowest BCUT2D eigenvalue weighted by molar-refractivity contribution is 0.384. The molecule has 2 aromatic heterocycles. The second-order valence-corrected chi connectivity index (χ2v) is 7.75. The van der Waals surface area contributed by atoms with Crippen LogP contribution in [0.25, 0.3) is 11.3 Å². The van der Waals surface area contributed by atoms with Gasteiger partial charge in [0.2, 0.25) is 16.0 Å². The summed E-state index contributed by atoms with van der Waals surface area (Å²) in [6, 6.07) is 5.62. The van der Waals surface area contributed by atoms with Crippen LogP contribution in [0.1, 0.15) is 6.92 Å². The summed E-state index contributed by atoms with van der Waals surface area (Å²) >= 11 is 0. The first-order valence-electron chi connectivity index (χ1n) is 7.77. The van der Waals surface area contributed by atoms with Crippen molar-refractivity contribution in [2.45, 2.75) is 6.92 Å². The van der Waals surface area contributed by atoms with Crippen LogP contribution in [0.5, 0.6) is 0 Å². The van der Waals surface area contributed by atoms with Crippen LogP contribution >= 0.6 is 0 Å². The van der Waals surface area contributed by atoms with Gasteiger partial charge in [-0.1, -0.05) is 0 Å². The number of sulfonamides is 1. The fourth-order valence-electron chi connectivity index (χ4n) is 2.64. The van der Waals surface area contributed by atoms with E-state index in [0.29, 0.717) is 26.2 Å². The summed E-state index contributed by atoms with van der Waals surface area (Å²) in [4.78, 5) is 14.6. The van der Waals surface area contributed by atoms with Crippen molar-refractivity contribution in [1.82, 2.24) is 19.3 Å². The normalized spacial score (nSPS) is 16.3. The number of nitrogen functional groups attached to an aromatic ring is 1. The van der Waals surface area contributed by atoms with E-state index in [1.165, 1.54) is 0 Å². The van der Waals surface area contributed by atoms with Crippen molar-refractivity contribution in [2.24, 2.45) is 0 Å². The van der Waals surface area contributed by atoms with Crippen LogP contribution < -0.4 is 10.6 Å². The maximum absolute atomic E-state index is 11.9. The van der Waals surface area contributed by atoms with Gasteiger partial charge in [0.1, 0.15) is 5.82 Å². The average molecular weight is 348 g/mol. The first-order chi connectivity index (χ1) is 11.5. The summed E-state index contributed by atoms with van der Waals surface area (Å²) in [5.41, 5.74) is 7.18. The molecule has 0 saturated carbocycles. The van der Waals surface area contributed by atoms with Gasteiger partial charge in [-0.05, 0) is 25.1 Å². The summed E-state index contributed by atoms with van der Waals surface area (Å²) in [5.74, 6) is 1.20. The van der Waals surface area contributed by atoms with E-state index in [0.717, 1.165) is 17.1 Å². The molecule has 24 heavy (non-hydrogen) atoms. The average Bonchev–Trinajstić information content (AvgIpc) is 2.62. The second-order valence-electron chi connectivity index (χ2n) is 5.49. The lowest BCUT2D eigenvalue weighted by atomic mass is 10.2. The van der Waals surface area contributed by atoms with Gasteiger partial charge in [-0.3, -0.25) is 0 Å². The van der Waals surface area contributed by atoms with E-state index < -0.39 is 10.0 Å². The molecule has 3 heterocycles. The first-order valence-corrected chi connectivity index (χ1v) is 9.38. The number of aromatic nitrogens is 3. The van der Waals surface area contributed by atoms with Gasteiger partial charge < -0.3 is 10.6 Å². The predicted molar refractivity (Wildman–Crippen MR) is 92.9 cm³/mol. The highest BCUT2D eigenvalue weighted by atomic mass is 32.2. The van der Waals surface area contributed by atoms with Crippen LogP contribution in [0.2, 0.25) is 0 Å². The zero-order valence-corrected chi connectivity index (χ0v) is 14.3. The molecule has 0 unspecified atom stereocenters. The molecule has 8 nitrogen and oxygen atoms in total. The Labute approximate surface area is 141 Å². The van der Waals surface area contributed by atoms with Crippen molar-refractivity contribution < 1.29 is 8.42 Å². The van der Waals surface area contributed by atoms with Crippen LogP contribution in [0, 0.1) is 0 Å². The van der Waals surface area contributed by atoms with Gasteiger partial charge in [-0.25, -0.2) is 23.4 Å². The zero-order chi connectivity index (χ0) is 17.2. The van der Waals surface area contributed by atoms with E-state index >= 15 is 0 Å². The number of piperazine rings is 1. The molecule has 9 heteroatoms. The maximum atomic E-state index is 11.9. The van der Waals surface area contributed by atoms with Crippen molar-refractivity contribution in [3.63, 3.8) is 0 Å². The molecule has 0 spiro atoms. The van der Waals surface area contributed by atoms with Crippen LogP contribution in [0.3, 0.4) is 0 Å². The van der Waals surface area contributed by atoms with Gasteiger partial charge in [0.15, 0.2) is 0 Å². The van der Waals surface area contributed by atoms with Gasteiger partial charge in [0, 0.05) is 44.1 Å². The van der Waals surface area contributed by atoms with Crippen LogP contribution in [0.4, 0.5) is 11.8 Å². The fraction of sp³-hybridized carbons (Fsp3) is 0.400. The number of pyridine rings is 1. The molecule has 3 rings (SSSR count). The van der Waals surface area contributed by atoms with Crippen LogP contribution in [-0.4, -0.2) is 59.6 Å². The lowest BCUT2D eigenvalue weighted by Gasteiger charge is -2.34. The molecular formula is C15H20N6O2S. The van der Waals surface area contributed by atoms with E-state index in [2.05, 4.69) is 19.9 Å². The summed E-state index contributed by atoms with van der Waals surface area (Å²) in [6.07, 6.45) is 3.35. The summed E-state index contributed by atoms with van der Waals surface area (Å²) in [7, 11) is -3.11. The maximum Gasteiger partial charge on any atom is 0.220 e. The quantitative estimate of drug-likeness (QED) is 0.862. The van der Waals surface area contributed by atoms with Gasteiger partial charge in [0.05, 0.1) is 11.4 Å². The second kappa shape index (κ2) is 6.70. The molecule has 0 bridgehead atoms. The third-order valence-electron chi connectivity index (χ3n) is 4.04. The van der Waals surface area contributed by atoms with Gasteiger partial charge in [0.25, 0.3) is 0 Å². The van der Waals surface area contributed by atoms with Crippen molar-refractivity contribution >= 4 is 21.8 Å². The molecule has 0 amide bonds. The molecular weight excluding hydrogens is 328 g/mol. The van der Waals surface area contributed by atoms with E-state index in [1.807, 2.05) is 12.1 Å². The fourth-order valence-corrected chi connectivity index (χ4v) is 3.72. The van der Waals surface area contributed by atoms with Crippen molar-refractivity contribution in [3.05, 3.63) is 30.6 Å². The Kier molecular flexibility index (Phi) is 4.63. The predicted octanol–water partition coefficient (Wildman–Crippen LogP) is 0.592. The Hall–Kier alpha value is -2.26. The summed E-state index contributed by atoms with van der Waals surface area (Å²) < 4.78 is 25.3. The highest BCUT2D eigenvalue weighted by Crippen LogP contribution is 2.20. The molecule has 1 aliphatic rings. The number of nitrogens with two attached hydrogens (primary N) is 1. The third kappa shape index (κ3) is 3.46. The molecule has 0 radical (unpaired) electrons. The van der Waals surface area contributed by atoms with E-state index in [9.17, 15) is 8.42 Å². The Morgan fingerprint density at radius 1 is 1.12 bits per heavy atom. The van der Waals surface area contributed by atoms with Crippen molar-refractivity contribution in [1.29, 1.82) is 0 Å². The Balaban J connectivity index is 1.69. The molecule has 2 aromatic rings. The monoisotopic (exact) mass is 348 g/mol. The van der Waals surface area contributed by atoms with E-state index in [1.54, 1.807) is 29.7 Å². The number of nitrogens with zero attached hydrogens (tertiary/aromatic N) is 5. The summed E-state index contributed by atoms with van der Waals surface area (Å²) in [5, 5.41) is 0. The molecule has 2 N–H and O–H groups in total. The standard InChI is InChI=1S/C15H20N6O2S/c1-2-24(22,23)21-9-7-20(8-10-21)14-4-3-12(11-18-14)13-5-6-17-15(16)19-13/h3-6,11H,2,7-10H2,1H3,(H2,16,17,19). The Bertz CT molecular complexity index is 801. The van der Waals surface area contributed by atoms with Crippen molar-refractivity contribution in [3.8, 4) is 11.3 Å². The minimum atomic E-state index is -3.11. The minimum absolute atomic E-state index is 0.141. The highest BCUT2D eigenvalue weighted by Gasteiger charge is 2.25. The molecule has 0 atom stereocenters. The lowest BCUT2D eigenvalue weighted by Crippen LogP contribution is -2.49. The van der Waals surface area contributed by atoms with Crippen LogP contribution in [0.15, 0.2) is 30.6 Å². The smallest absolute Gasteiger partial charge is 0.220 e. The molecule has 0 aliphatic carbocycles. The molecule has 1 fully saturated rings. The summed E-state index contributed by atoms with van der Waals surface area (Å²) in [6.45, 7) is 3.91. The minimum Gasteiger partial charge on any atom is -0.368 e. The Morgan fingerprint density at radius 2 is 1.88 bits per heavy atom. The zero-order valence-electron chi connectivity index (χ0n) is 13.5. The number of hydrogen-bond acceptors (Lipinski definition) is 7. The van der Waals surface area contributed by atoms with Gasteiger partial charge in [-0.2, -0.15) is 4.31 Å². The SMILES string of the molecule is CCS(=O)(=O)N1CCN(c2ccc(-c3ccnc(N)n3)cn2)CC1. The molecule has 0 aromatic carbocycles. The number of hydrogen-bond donors (Lipinski definition) is 1. The third-order valence-corrected chi connectivity index (χ3v) is 5.92. The number of rotatable bonds is 4. The molecule has 128 valence electrons. The topological polar surface area (TPSA) is 105 Å². The highest BCUT2D eigenvalue weighted by molar-refractivity contribution is 7.89. The van der Waals surface area contributed by atoms with E-state index in [4.69, 9.17) is 5.73 Å². The molecule has 1 aliphatic heterocycles. The van der Waals surface area contributed by atoms with Crippen LogP contribution in [-0.2, 0) is 10.0 Å². The Morgan fingerprint density at radius 3 is 2.46 bits per heavy atom. The first kappa shape index (κ1) is 16.6. The van der Waals surface area contributed by atoms with Gasteiger partial charge >= 0.3 is 0 Å². The van der Waals surface area contributed by atoms with Crippen molar-refractivity contribution in [2.75, 3.05) is 42.6 Å². The van der Waals surface area contributed by atoms with Gasteiger partial charge in [-0.15, -0.1) is 0 Å². The van der Waals surface area contributed by atoms with E-state index in [-0.39, 0.29) is 11.7 Å².